The van der Waals surface area contributed by atoms with E-state index in [1.54, 1.807) is 55.6 Å². The molecule has 0 atom stereocenters. The van der Waals surface area contributed by atoms with Crippen molar-refractivity contribution >= 4 is 28.1 Å². The van der Waals surface area contributed by atoms with Crippen LogP contribution in [0.5, 0.6) is 17.2 Å². The first-order chi connectivity index (χ1) is 12.6. The Labute approximate surface area is 149 Å². The van der Waals surface area contributed by atoms with E-state index in [1.165, 1.54) is 0 Å². The number of fused-ring (bicyclic) bond motifs is 1. The molecule has 26 heavy (non-hydrogen) atoms. The zero-order chi connectivity index (χ0) is 18.7. The standard InChI is InChI=1S/C19H16N2O5/c1-25-12-9-7-11(8-10-12)20-21-16-13-5-3-4-6-14(13)17(22)15(18(16)23)19(24)26-2/h3-10,22-23H,1-2H3. The maximum atomic E-state index is 12.0. The van der Waals surface area contributed by atoms with Crippen LogP contribution in [0.1, 0.15) is 10.4 Å². The quantitative estimate of drug-likeness (QED) is 0.533. The van der Waals surface area contributed by atoms with Crippen LogP contribution >= 0.6 is 0 Å². The number of carbonyl (C=O) groups is 1. The van der Waals surface area contributed by atoms with Crippen LogP contribution < -0.4 is 4.74 Å². The molecule has 0 aromatic heterocycles. The molecule has 3 aromatic carbocycles. The maximum Gasteiger partial charge on any atom is 0.345 e. The lowest BCUT2D eigenvalue weighted by atomic mass is 10.0. The van der Waals surface area contributed by atoms with Gasteiger partial charge in [-0.2, -0.15) is 5.11 Å². The first-order valence-electron chi connectivity index (χ1n) is 7.67. The first-order valence-corrected chi connectivity index (χ1v) is 7.67. The minimum atomic E-state index is -0.869. The number of esters is 1. The zero-order valence-corrected chi connectivity index (χ0v) is 14.1. The molecule has 0 aliphatic carbocycles. The second-order valence-electron chi connectivity index (χ2n) is 5.36. The van der Waals surface area contributed by atoms with Crippen molar-refractivity contribution in [2.24, 2.45) is 10.2 Å². The van der Waals surface area contributed by atoms with Crippen molar-refractivity contribution in [3.8, 4) is 17.2 Å². The minimum absolute atomic E-state index is 0.0645. The molecule has 2 N–H and O–H groups in total. The number of aromatic hydroxyl groups is 2. The SMILES string of the molecule is COC(=O)c1c(O)c(N=Nc2ccc(OC)cc2)c2ccccc2c1O. The van der Waals surface area contributed by atoms with Gasteiger partial charge in [0.25, 0.3) is 0 Å². The van der Waals surface area contributed by atoms with Crippen LogP contribution in [0.15, 0.2) is 58.8 Å². The smallest absolute Gasteiger partial charge is 0.345 e. The van der Waals surface area contributed by atoms with E-state index in [0.717, 1.165) is 7.11 Å². The van der Waals surface area contributed by atoms with Gasteiger partial charge >= 0.3 is 5.97 Å². The number of rotatable bonds is 4. The number of carbonyl (C=O) groups excluding carboxylic acids is 1. The number of benzene rings is 3. The predicted octanol–water partition coefficient (Wildman–Crippen LogP) is 4.46. The largest absolute Gasteiger partial charge is 0.506 e. The molecule has 7 heteroatoms. The summed E-state index contributed by atoms with van der Waals surface area (Å²) in [6, 6.07) is 13.6. The van der Waals surface area contributed by atoms with Crippen LogP contribution in [-0.4, -0.2) is 30.4 Å². The highest BCUT2D eigenvalue weighted by molar-refractivity contribution is 6.09. The highest BCUT2D eigenvalue weighted by Gasteiger charge is 2.24. The van der Waals surface area contributed by atoms with Crippen molar-refractivity contribution in [3.63, 3.8) is 0 Å². The Morgan fingerprint density at radius 3 is 2.15 bits per heavy atom. The molecule has 0 saturated heterocycles. The topological polar surface area (TPSA) is 101 Å². The Bertz CT molecular complexity index is 997. The lowest BCUT2D eigenvalue weighted by Crippen LogP contribution is -2.02. The van der Waals surface area contributed by atoms with Gasteiger partial charge < -0.3 is 19.7 Å². The second-order valence-corrected chi connectivity index (χ2v) is 5.36. The Balaban J connectivity index is 2.17. The summed E-state index contributed by atoms with van der Waals surface area (Å²) < 4.78 is 9.73. The Hall–Kier alpha value is -3.61. The highest BCUT2D eigenvalue weighted by atomic mass is 16.5. The van der Waals surface area contributed by atoms with E-state index in [1.807, 2.05) is 0 Å². The molecular weight excluding hydrogens is 336 g/mol. The molecule has 0 unspecified atom stereocenters. The second kappa shape index (κ2) is 7.10. The zero-order valence-electron chi connectivity index (χ0n) is 14.1. The number of nitrogens with zero attached hydrogens (tertiary/aromatic N) is 2. The highest BCUT2D eigenvalue weighted by Crippen LogP contribution is 2.45. The molecule has 0 bridgehead atoms. The van der Waals surface area contributed by atoms with E-state index < -0.39 is 11.7 Å². The van der Waals surface area contributed by atoms with Gasteiger partial charge in [0.15, 0.2) is 5.75 Å². The predicted molar refractivity (Wildman–Crippen MR) is 95.8 cm³/mol. The van der Waals surface area contributed by atoms with Gasteiger partial charge in [0, 0.05) is 10.8 Å². The third-order valence-corrected chi connectivity index (χ3v) is 3.86. The van der Waals surface area contributed by atoms with Crippen molar-refractivity contribution in [2.45, 2.75) is 0 Å². The fourth-order valence-corrected chi connectivity index (χ4v) is 2.54. The molecule has 0 radical (unpaired) electrons. The minimum Gasteiger partial charge on any atom is -0.506 e. The van der Waals surface area contributed by atoms with E-state index in [4.69, 9.17) is 4.74 Å². The summed E-state index contributed by atoms with van der Waals surface area (Å²) in [5.41, 5.74) is 0.242. The van der Waals surface area contributed by atoms with Gasteiger partial charge in [0.05, 0.1) is 19.9 Å². The third kappa shape index (κ3) is 3.02. The van der Waals surface area contributed by atoms with Crippen molar-refractivity contribution in [1.82, 2.24) is 0 Å². The van der Waals surface area contributed by atoms with E-state index in [2.05, 4.69) is 15.0 Å². The van der Waals surface area contributed by atoms with Crippen molar-refractivity contribution in [1.29, 1.82) is 0 Å². The fraction of sp³-hybridized carbons (Fsp3) is 0.105. The van der Waals surface area contributed by atoms with Crippen LogP contribution in [0, 0.1) is 0 Å². The monoisotopic (exact) mass is 352 g/mol. The molecule has 3 rings (SSSR count). The summed E-state index contributed by atoms with van der Waals surface area (Å²) in [6.07, 6.45) is 0. The number of phenols is 2. The molecule has 0 saturated carbocycles. The summed E-state index contributed by atoms with van der Waals surface area (Å²) in [6.45, 7) is 0. The Kier molecular flexibility index (Phi) is 4.70. The molecule has 0 fully saturated rings. The molecule has 0 aliphatic heterocycles. The number of azo groups is 1. The van der Waals surface area contributed by atoms with E-state index >= 15 is 0 Å². The van der Waals surface area contributed by atoms with Crippen LogP contribution in [0.25, 0.3) is 10.8 Å². The van der Waals surface area contributed by atoms with Crippen molar-refractivity contribution < 1.29 is 24.5 Å². The normalized spacial score (nSPS) is 11.0. The Morgan fingerprint density at radius 2 is 1.54 bits per heavy atom. The molecule has 3 aromatic rings. The fourth-order valence-electron chi connectivity index (χ4n) is 2.54. The van der Waals surface area contributed by atoms with Gasteiger partial charge in [-0.3, -0.25) is 0 Å². The van der Waals surface area contributed by atoms with E-state index in [9.17, 15) is 15.0 Å². The lowest BCUT2D eigenvalue weighted by Gasteiger charge is -2.11. The molecule has 0 aliphatic rings. The van der Waals surface area contributed by atoms with Crippen LogP contribution in [0.2, 0.25) is 0 Å². The van der Waals surface area contributed by atoms with Gasteiger partial charge in [0.1, 0.15) is 22.7 Å². The molecule has 0 spiro atoms. The number of ether oxygens (including phenoxy) is 2. The molecule has 0 heterocycles. The summed E-state index contributed by atoms with van der Waals surface area (Å²) in [4.78, 5) is 12.0. The number of hydrogen-bond donors (Lipinski definition) is 2. The average molecular weight is 352 g/mol. The van der Waals surface area contributed by atoms with Gasteiger partial charge in [-0.1, -0.05) is 24.3 Å². The number of phenolic OH excluding ortho intramolecular Hbond substituents is 2. The molecular formula is C19H16N2O5. The number of methoxy groups -OCH3 is 2. The lowest BCUT2D eigenvalue weighted by molar-refractivity contribution is 0.0594. The summed E-state index contributed by atoms with van der Waals surface area (Å²) in [5, 5.41) is 29.8. The Morgan fingerprint density at radius 1 is 0.885 bits per heavy atom. The van der Waals surface area contributed by atoms with E-state index in [0.29, 0.717) is 22.2 Å². The van der Waals surface area contributed by atoms with Gasteiger partial charge in [-0.05, 0) is 24.3 Å². The van der Waals surface area contributed by atoms with Gasteiger partial charge in [-0.15, -0.1) is 5.11 Å². The van der Waals surface area contributed by atoms with Crippen LogP contribution in [0.3, 0.4) is 0 Å². The molecule has 7 nitrogen and oxygen atoms in total. The molecule has 0 amide bonds. The van der Waals surface area contributed by atoms with Gasteiger partial charge in [-0.25, -0.2) is 4.79 Å². The average Bonchev–Trinajstić information content (AvgIpc) is 2.68. The van der Waals surface area contributed by atoms with Crippen molar-refractivity contribution in [3.05, 3.63) is 54.1 Å². The first kappa shape index (κ1) is 17.2. The summed E-state index contributed by atoms with van der Waals surface area (Å²) in [7, 11) is 2.72. The maximum absolute atomic E-state index is 12.0. The van der Waals surface area contributed by atoms with E-state index in [-0.39, 0.29) is 17.0 Å². The summed E-state index contributed by atoms with van der Waals surface area (Å²) in [5.74, 6) is -1.06. The van der Waals surface area contributed by atoms with Gasteiger partial charge in [0.2, 0.25) is 0 Å². The third-order valence-electron chi connectivity index (χ3n) is 3.86. The molecule has 132 valence electrons. The summed E-state index contributed by atoms with van der Waals surface area (Å²) >= 11 is 0. The van der Waals surface area contributed by atoms with Crippen LogP contribution in [0.4, 0.5) is 11.4 Å². The van der Waals surface area contributed by atoms with Crippen LogP contribution in [-0.2, 0) is 4.74 Å². The number of hydrogen-bond acceptors (Lipinski definition) is 7. The van der Waals surface area contributed by atoms with Crippen molar-refractivity contribution in [2.75, 3.05) is 14.2 Å².